The highest BCUT2D eigenvalue weighted by atomic mass is 79.9. The van der Waals surface area contributed by atoms with Gasteiger partial charge in [0.1, 0.15) is 5.69 Å². The first kappa shape index (κ1) is 14.3. The van der Waals surface area contributed by atoms with E-state index in [4.69, 9.17) is 0 Å². The molecule has 0 saturated carbocycles. The van der Waals surface area contributed by atoms with Gasteiger partial charge in [0.25, 0.3) is 5.91 Å². The molecule has 0 saturated heterocycles. The molecule has 7 heteroatoms. The number of aromatic nitrogens is 3. The number of rotatable bonds is 3. The van der Waals surface area contributed by atoms with Gasteiger partial charge >= 0.3 is 0 Å². The highest BCUT2D eigenvalue weighted by Crippen LogP contribution is 2.22. The van der Waals surface area contributed by atoms with Crippen LogP contribution in [0.1, 0.15) is 10.5 Å². The highest BCUT2D eigenvalue weighted by Gasteiger charge is 2.13. The molecule has 6 nitrogen and oxygen atoms in total. The van der Waals surface area contributed by atoms with Gasteiger partial charge in [-0.2, -0.15) is 5.10 Å². The summed E-state index contributed by atoms with van der Waals surface area (Å²) in [7, 11) is 0. The van der Waals surface area contributed by atoms with Crippen molar-refractivity contribution in [3.05, 3.63) is 58.8 Å². The van der Waals surface area contributed by atoms with Crippen molar-refractivity contribution in [2.45, 2.75) is 0 Å². The highest BCUT2D eigenvalue weighted by molar-refractivity contribution is 9.10. The summed E-state index contributed by atoms with van der Waals surface area (Å²) < 4.78 is 0.968. The van der Waals surface area contributed by atoms with Crippen molar-refractivity contribution in [2.24, 2.45) is 0 Å². The fraction of sp³-hybridized carbons (Fsp3) is 0. The summed E-state index contributed by atoms with van der Waals surface area (Å²) in [5, 5.41) is 18.9. The zero-order chi connectivity index (χ0) is 15.5. The van der Waals surface area contributed by atoms with Crippen LogP contribution in [0.2, 0.25) is 0 Å². The number of amides is 1. The maximum atomic E-state index is 12.1. The molecule has 3 N–H and O–H groups in total. The summed E-state index contributed by atoms with van der Waals surface area (Å²) in [6.07, 6.45) is 1.48. The lowest BCUT2D eigenvalue weighted by Gasteiger charge is -2.03. The monoisotopic (exact) mass is 358 g/mol. The summed E-state index contributed by atoms with van der Waals surface area (Å²) in [6, 6.07) is 12.2. The molecule has 0 fully saturated rings. The number of benzene rings is 1. The molecule has 3 rings (SSSR count). The van der Waals surface area contributed by atoms with Crippen LogP contribution < -0.4 is 5.32 Å². The van der Waals surface area contributed by atoms with Crippen LogP contribution in [0.4, 0.5) is 5.82 Å². The Balaban J connectivity index is 1.80. The van der Waals surface area contributed by atoms with E-state index in [0.717, 1.165) is 10.0 Å². The third-order valence-electron chi connectivity index (χ3n) is 2.98. The lowest BCUT2D eigenvalue weighted by atomic mass is 10.1. The fourth-order valence-electron chi connectivity index (χ4n) is 1.87. The molecule has 0 aliphatic carbocycles. The predicted molar refractivity (Wildman–Crippen MR) is 85.6 cm³/mol. The van der Waals surface area contributed by atoms with Gasteiger partial charge < -0.3 is 10.4 Å². The van der Waals surface area contributed by atoms with Crippen molar-refractivity contribution in [2.75, 3.05) is 5.32 Å². The zero-order valence-electron chi connectivity index (χ0n) is 11.2. The second kappa shape index (κ2) is 5.98. The smallest absolute Gasteiger partial charge is 0.274 e. The quantitative estimate of drug-likeness (QED) is 0.670. The first-order valence-corrected chi connectivity index (χ1v) is 7.19. The maximum absolute atomic E-state index is 12.1. The Morgan fingerprint density at radius 3 is 2.73 bits per heavy atom. The molecule has 3 aromatic rings. The second-order valence-electron chi connectivity index (χ2n) is 4.50. The predicted octanol–water partition coefficient (Wildman–Crippen LogP) is 3.19. The van der Waals surface area contributed by atoms with E-state index in [1.807, 2.05) is 24.3 Å². The van der Waals surface area contributed by atoms with Gasteiger partial charge in [-0.1, -0.05) is 28.1 Å². The van der Waals surface area contributed by atoms with Crippen molar-refractivity contribution in [3.63, 3.8) is 0 Å². The van der Waals surface area contributed by atoms with Gasteiger partial charge in [0.05, 0.1) is 5.69 Å². The Hall–Kier alpha value is -2.67. The Labute approximate surface area is 134 Å². The van der Waals surface area contributed by atoms with Crippen LogP contribution in [0.5, 0.6) is 5.75 Å². The van der Waals surface area contributed by atoms with Gasteiger partial charge in [-0.25, -0.2) is 4.98 Å². The largest absolute Gasteiger partial charge is 0.504 e. The fourth-order valence-corrected chi connectivity index (χ4v) is 2.14. The van der Waals surface area contributed by atoms with E-state index < -0.39 is 5.91 Å². The van der Waals surface area contributed by atoms with E-state index in [1.165, 1.54) is 12.3 Å². The first-order valence-electron chi connectivity index (χ1n) is 6.40. The number of halogens is 1. The summed E-state index contributed by atoms with van der Waals surface area (Å²) in [5.74, 6) is -0.416. The van der Waals surface area contributed by atoms with E-state index in [-0.39, 0.29) is 17.3 Å². The molecule has 2 aromatic heterocycles. The molecule has 110 valence electrons. The van der Waals surface area contributed by atoms with Crippen LogP contribution in [0.3, 0.4) is 0 Å². The topological polar surface area (TPSA) is 90.9 Å². The summed E-state index contributed by atoms with van der Waals surface area (Å²) in [4.78, 5) is 16.0. The molecule has 0 aliphatic heterocycles. The SMILES string of the molecule is O=C(Nc1ncccc1O)c1cc(-c2ccc(Br)cc2)n[nH]1. The second-order valence-corrected chi connectivity index (χ2v) is 5.41. The van der Waals surface area contributed by atoms with Crippen molar-refractivity contribution < 1.29 is 9.90 Å². The molecule has 22 heavy (non-hydrogen) atoms. The number of aromatic hydroxyl groups is 1. The number of carbonyl (C=O) groups is 1. The molecule has 1 aromatic carbocycles. The number of nitrogens with one attached hydrogen (secondary N) is 2. The lowest BCUT2D eigenvalue weighted by Crippen LogP contribution is -2.13. The number of carbonyl (C=O) groups excluding carboxylic acids is 1. The van der Waals surface area contributed by atoms with E-state index in [1.54, 1.807) is 12.1 Å². The minimum atomic E-state index is -0.426. The number of hydrogen-bond acceptors (Lipinski definition) is 4. The normalized spacial score (nSPS) is 10.4. The molecule has 0 spiro atoms. The Kier molecular flexibility index (Phi) is 3.88. The molecule has 1 amide bonds. The molecule has 0 unspecified atom stereocenters. The van der Waals surface area contributed by atoms with Gasteiger partial charge in [-0.3, -0.25) is 9.89 Å². The molecular weight excluding hydrogens is 348 g/mol. The molecular formula is C15H11BrN4O2. The molecule has 2 heterocycles. The summed E-state index contributed by atoms with van der Waals surface area (Å²) in [6.45, 7) is 0. The van der Waals surface area contributed by atoms with Crippen molar-refractivity contribution in [1.82, 2.24) is 15.2 Å². The van der Waals surface area contributed by atoms with Gasteiger partial charge in [-0.15, -0.1) is 0 Å². The minimum Gasteiger partial charge on any atom is -0.504 e. The summed E-state index contributed by atoms with van der Waals surface area (Å²) in [5.41, 5.74) is 1.82. The van der Waals surface area contributed by atoms with Crippen LogP contribution in [0.25, 0.3) is 11.3 Å². The van der Waals surface area contributed by atoms with Gasteiger partial charge in [-0.05, 0) is 30.3 Å². The first-order chi connectivity index (χ1) is 10.6. The number of aromatic amines is 1. The van der Waals surface area contributed by atoms with Crippen LogP contribution in [-0.4, -0.2) is 26.2 Å². The van der Waals surface area contributed by atoms with Crippen LogP contribution in [0.15, 0.2) is 53.1 Å². The average Bonchev–Trinajstić information content (AvgIpc) is 3.00. The minimum absolute atomic E-state index is 0.0940. The number of nitrogens with zero attached hydrogens (tertiary/aromatic N) is 2. The number of H-pyrrole nitrogens is 1. The number of hydrogen-bond donors (Lipinski definition) is 3. The van der Waals surface area contributed by atoms with Gasteiger partial charge in [0.15, 0.2) is 11.6 Å². The van der Waals surface area contributed by atoms with Gasteiger partial charge in [0.2, 0.25) is 0 Å². The lowest BCUT2D eigenvalue weighted by molar-refractivity contribution is 0.102. The Bertz CT molecular complexity index is 814. The number of anilines is 1. The average molecular weight is 359 g/mol. The van der Waals surface area contributed by atoms with Crippen molar-refractivity contribution in [1.29, 1.82) is 0 Å². The van der Waals surface area contributed by atoms with E-state index in [2.05, 4.69) is 36.4 Å². The molecule has 0 atom stereocenters. The van der Waals surface area contributed by atoms with Crippen molar-refractivity contribution in [3.8, 4) is 17.0 Å². The van der Waals surface area contributed by atoms with Crippen molar-refractivity contribution >= 4 is 27.7 Å². The third-order valence-corrected chi connectivity index (χ3v) is 3.51. The van der Waals surface area contributed by atoms with E-state index in [9.17, 15) is 9.90 Å². The zero-order valence-corrected chi connectivity index (χ0v) is 12.8. The van der Waals surface area contributed by atoms with E-state index >= 15 is 0 Å². The molecule has 0 bridgehead atoms. The maximum Gasteiger partial charge on any atom is 0.274 e. The number of pyridine rings is 1. The standard InChI is InChI=1S/C15H11BrN4O2/c16-10-5-3-9(4-6-10)11-8-12(20-19-11)15(22)18-14-13(21)2-1-7-17-14/h1-8,21H,(H,19,20)(H,17,18,22). The van der Waals surface area contributed by atoms with Crippen LogP contribution >= 0.6 is 15.9 Å². The molecule has 0 radical (unpaired) electrons. The van der Waals surface area contributed by atoms with Gasteiger partial charge in [0, 0.05) is 16.2 Å². The third kappa shape index (κ3) is 2.99. The Morgan fingerprint density at radius 1 is 1.23 bits per heavy atom. The molecule has 0 aliphatic rings. The Morgan fingerprint density at radius 2 is 2.00 bits per heavy atom. The van der Waals surface area contributed by atoms with E-state index in [0.29, 0.717) is 5.69 Å². The van der Waals surface area contributed by atoms with Crippen LogP contribution in [0, 0.1) is 0 Å². The summed E-state index contributed by atoms with van der Waals surface area (Å²) >= 11 is 3.37. The van der Waals surface area contributed by atoms with Crippen LogP contribution in [-0.2, 0) is 0 Å².